The molecule has 5 nitrogen and oxygen atoms in total. The first-order valence-electron chi connectivity index (χ1n) is 7.51. The normalized spacial score (nSPS) is 14.4. The zero-order chi connectivity index (χ0) is 16.1. The number of nitrogens with two attached hydrogens (primary N) is 1. The zero-order valence-electron chi connectivity index (χ0n) is 13.6. The van der Waals surface area contributed by atoms with Crippen molar-refractivity contribution >= 4 is 18.3 Å². The summed E-state index contributed by atoms with van der Waals surface area (Å²) in [6.45, 7) is 4.20. The SMILES string of the molecule is C=CCc1cc(C(=O)NC(CN)C2CC2)cc(OC)c1OC.Cl. The van der Waals surface area contributed by atoms with Crippen LogP contribution in [0.3, 0.4) is 0 Å². The smallest absolute Gasteiger partial charge is 0.251 e. The van der Waals surface area contributed by atoms with Crippen LogP contribution < -0.4 is 20.5 Å². The molecule has 1 amide bonds. The van der Waals surface area contributed by atoms with Gasteiger partial charge in [-0.1, -0.05) is 6.08 Å². The molecule has 6 heteroatoms. The summed E-state index contributed by atoms with van der Waals surface area (Å²) in [7, 11) is 3.14. The van der Waals surface area contributed by atoms with Crippen LogP contribution in [0.25, 0.3) is 0 Å². The van der Waals surface area contributed by atoms with E-state index in [0.29, 0.717) is 35.9 Å². The summed E-state index contributed by atoms with van der Waals surface area (Å²) in [6.07, 6.45) is 4.64. The fourth-order valence-electron chi connectivity index (χ4n) is 2.60. The van der Waals surface area contributed by atoms with E-state index in [1.54, 1.807) is 26.4 Å². The van der Waals surface area contributed by atoms with E-state index >= 15 is 0 Å². The Labute approximate surface area is 143 Å². The molecule has 1 fully saturated rings. The van der Waals surface area contributed by atoms with Crippen LogP contribution in [-0.2, 0) is 6.42 Å². The summed E-state index contributed by atoms with van der Waals surface area (Å²) in [5.41, 5.74) is 7.17. The van der Waals surface area contributed by atoms with E-state index in [9.17, 15) is 4.79 Å². The van der Waals surface area contributed by atoms with Gasteiger partial charge in [0.1, 0.15) is 0 Å². The lowest BCUT2D eigenvalue weighted by Gasteiger charge is -2.18. The molecule has 3 N–H and O–H groups in total. The van der Waals surface area contributed by atoms with Crippen molar-refractivity contribution in [2.45, 2.75) is 25.3 Å². The van der Waals surface area contributed by atoms with E-state index in [0.717, 1.165) is 18.4 Å². The Hall–Kier alpha value is -1.72. The van der Waals surface area contributed by atoms with Crippen LogP contribution in [0.1, 0.15) is 28.8 Å². The molecule has 1 aromatic carbocycles. The number of rotatable bonds is 8. The molecule has 0 heterocycles. The van der Waals surface area contributed by atoms with Gasteiger partial charge in [-0.3, -0.25) is 4.79 Å². The standard InChI is InChI=1S/C17H24N2O3.ClH/c1-4-5-12-8-13(9-15(21-2)16(12)22-3)17(20)19-14(10-18)11-6-7-11;/h4,8-9,11,14H,1,5-7,10,18H2,2-3H3,(H,19,20);1H. The molecule has 0 bridgehead atoms. The maximum atomic E-state index is 12.5. The minimum Gasteiger partial charge on any atom is -0.493 e. The monoisotopic (exact) mass is 340 g/mol. The number of carbonyl (C=O) groups is 1. The topological polar surface area (TPSA) is 73.6 Å². The van der Waals surface area contributed by atoms with Crippen molar-refractivity contribution in [2.24, 2.45) is 11.7 Å². The van der Waals surface area contributed by atoms with Crippen molar-refractivity contribution in [1.29, 1.82) is 0 Å². The number of amides is 1. The largest absolute Gasteiger partial charge is 0.493 e. The Bertz CT molecular complexity index is 559. The van der Waals surface area contributed by atoms with Crippen LogP contribution in [0, 0.1) is 5.92 Å². The lowest BCUT2D eigenvalue weighted by Crippen LogP contribution is -2.41. The predicted molar refractivity (Wildman–Crippen MR) is 93.7 cm³/mol. The molecular formula is C17H25ClN2O3. The summed E-state index contributed by atoms with van der Waals surface area (Å²) >= 11 is 0. The molecule has 1 saturated carbocycles. The maximum absolute atomic E-state index is 12.5. The number of ether oxygens (including phenoxy) is 2. The molecule has 0 spiro atoms. The zero-order valence-corrected chi connectivity index (χ0v) is 14.4. The van der Waals surface area contributed by atoms with Crippen LogP contribution >= 0.6 is 12.4 Å². The van der Waals surface area contributed by atoms with E-state index in [4.69, 9.17) is 15.2 Å². The van der Waals surface area contributed by atoms with E-state index in [-0.39, 0.29) is 24.4 Å². The van der Waals surface area contributed by atoms with Gasteiger partial charge in [-0.25, -0.2) is 0 Å². The van der Waals surface area contributed by atoms with Gasteiger partial charge in [0.15, 0.2) is 11.5 Å². The van der Waals surface area contributed by atoms with Gasteiger partial charge in [-0.05, 0) is 37.3 Å². The van der Waals surface area contributed by atoms with Crippen LogP contribution in [-0.4, -0.2) is 32.7 Å². The van der Waals surface area contributed by atoms with Gasteiger partial charge in [-0.15, -0.1) is 19.0 Å². The molecule has 0 aliphatic heterocycles. The molecule has 2 rings (SSSR count). The number of hydrogen-bond acceptors (Lipinski definition) is 4. The molecular weight excluding hydrogens is 316 g/mol. The Morgan fingerprint density at radius 2 is 2.13 bits per heavy atom. The molecule has 0 saturated heterocycles. The van der Waals surface area contributed by atoms with Crippen molar-refractivity contribution in [2.75, 3.05) is 20.8 Å². The molecule has 1 aromatic rings. The van der Waals surface area contributed by atoms with Crippen LogP contribution in [0.4, 0.5) is 0 Å². The van der Waals surface area contributed by atoms with Gasteiger partial charge in [0, 0.05) is 23.7 Å². The third kappa shape index (κ3) is 4.62. The Balaban J connectivity index is 0.00000264. The van der Waals surface area contributed by atoms with Crippen molar-refractivity contribution in [3.63, 3.8) is 0 Å². The summed E-state index contributed by atoms with van der Waals surface area (Å²) < 4.78 is 10.7. The second kappa shape index (κ2) is 8.79. The number of allylic oxidation sites excluding steroid dienone is 1. The maximum Gasteiger partial charge on any atom is 0.251 e. The molecule has 23 heavy (non-hydrogen) atoms. The molecule has 1 unspecified atom stereocenters. The predicted octanol–water partition coefficient (Wildman–Crippen LogP) is 2.32. The number of carbonyl (C=O) groups excluding carboxylic acids is 1. The number of methoxy groups -OCH3 is 2. The first kappa shape index (κ1) is 19.3. The highest BCUT2D eigenvalue weighted by Gasteiger charge is 2.31. The van der Waals surface area contributed by atoms with Crippen LogP contribution in [0.2, 0.25) is 0 Å². The quantitative estimate of drug-likeness (QED) is 0.712. The molecule has 0 radical (unpaired) electrons. The van der Waals surface area contributed by atoms with Gasteiger partial charge in [0.05, 0.1) is 14.2 Å². The molecule has 0 aromatic heterocycles. The third-order valence-corrected chi connectivity index (χ3v) is 3.94. The first-order valence-corrected chi connectivity index (χ1v) is 7.51. The Kier molecular flexibility index (Phi) is 7.39. The highest BCUT2D eigenvalue weighted by molar-refractivity contribution is 5.95. The van der Waals surface area contributed by atoms with E-state index in [1.807, 2.05) is 6.07 Å². The second-order valence-electron chi connectivity index (χ2n) is 5.52. The fourth-order valence-corrected chi connectivity index (χ4v) is 2.60. The van der Waals surface area contributed by atoms with Crippen molar-refractivity contribution < 1.29 is 14.3 Å². The fraction of sp³-hybridized carbons (Fsp3) is 0.471. The molecule has 128 valence electrons. The van der Waals surface area contributed by atoms with Gasteiger partial charge in [0.25, 0.3) is 5.91 Å². The second-order valence-corrected chi connectivity index (χ2v) is 5.52. The molecule has 1 aliphatic rings. The highest BCUT2D eigenvalue weighted by atomic mass is 35.5. The number of halogens is 1. The number of benzene rings is 1. The summed E-state index contributed by atoms with van der Waals surface area (Å²) in [5.74, 6) is 1.56. The summed E-state index contributed by atoms with van der Waals surface area (Å²) in [6, 6.07) is 3.56. The lowest BCUT2D eigenvalue weighted by molar-refractivity contribution is 0.0933. The average molecular weight is 341 g/mol. The van der Waals surface area contributed by atoms with Crippen molar-refractivity contribution in [3.8, 4) is 11.5 Å². The van der Waals surface area contributed by atoms with Gasteiger partial charge in [0.2, 0.25) is 0 Å². The first-order chi connectivity index (χ1) is 10.6. The highest BCUT2D eigenvalue weighted by Crippen LogP contribution is 2.34. The van der Waals surface area contributed by atoms with Gasteiger partial charge < -0.3 is 20.5 Å². The van der Waals surface area contributed by atoms with E-state index < -0.39 is 0 Å². The summed E-state index contributed by atoms with van der Waals surface area (Å²) in [4.78, 5) is 12.5. The van der Waals surface area contributed by atoms with Crippen molar-refractivity contribution in [1.82, 2.24) is 5.32 Å². The van der Waals surface area contributed by atoms with Gasteiger partial charge in [-0.2, -0.15) is 0 Å². The van der Waals surface area contributed by atoms with Crippen LogP contribution in [0.5, 0.6) is 11.5 Å². The average Bonchev–Trinajstić information content (AvgIpc) is 3.36. The van der Waals surface area contributed by atoms with Gasteiger partial charge >= 0.3 is 0 Å². The molecule has 1 atom stereocenters. The third-order valence-electron chi connectivity index (χ3n) is 3.94. The minimum absolute atomic E-state index is 0. The molecule has 1 aliphatic carbocycles. The lowest BCUT2D eigenvalue weighted by atomic mass is 10.0. The summed E-state index contributed by atoms with van der Waals surface area (Å²) in [5, 5.41) is 3.02. The Morgan fingerprint density at radius 1 is 1.43 bits per heavy atom. The van der Waals surface area contributed by atoms with Crippen molar-refractivity contribution in [3.05, 3.63) is 35.9 Å². The van der Waals surface area contributed by atoms with Crippen LogP contribution in [0.15, 0.2) is 24.8 Å². The van der Waals surface area contributed by atoms with E-state index in [2.05, 4.69) is 11.9 Å². The number of hydrogen-bond donors (Lipinski definition) is 2. The Morgan fingerprint density at radius 3 is 2.61 bits per heavy atom. The minimum atomic E-state index is -0.131. The van der Waals surface area contributed by atoms with E-state index in [1.165, 1.54) is 0 Å². The number of nitrogens with one attached hydrogen (secondary N) is 1.